The van der Waals surface area contributed by atoms with Gasteiger partial charge in [0.25, 0.3) is 0 Å². The Morgan fingerprint density at radius 2 is 1.85 bits per heavy atom. The minimum Gasteiger partial charge on any atom is -0.389 e. The van der Waals surface area contributed by atoms with E-state index in [9.17, 15) is 5.11 Å². The molecular weight excluding hydrogens is 166 g/mol. The Kier molecular flexibility index (Phi) is 4.89. The van der Waals surface area contributed by atoms with Crippen molar-refractivity contribution in [2.75, 3.05) is 20.3 Å². The van der Waals surface area contributed by atoms with E-state index in [1.165, 1.54) is 0 Å². The van der Waals surface area contributed by atoms with Gasteiger partial charge in [0.2, 0.25) is 0 Å². The van der Waals surface area contributed by atoms with E-state index < -0.39 is 5.60 Å². The normalized spacial score (nSPS) is 17.1. The lowest BCUT2D eigenvalue weighted by Crippen LogP contribution is -2.50. The van der Waals surface area contributed by atoms with Gasteiger partial charge in [-0.15, -0.1) is 0 Å². The summed E-state index contributed by atoms with van der Waals surface area (Å²) < 4.78 is 5.06. The van der Waals surface area contributed by atoms with Crippen molar-refractivity contribution in [2.24, 2.45) is 0 Å². The van der Waals surface area contributed by atoms with Crippen LogP contribution in [0.4, 0.5) is 0 Å². The first-order valence-corrected chi connectivity index (χ1v) is 4.79. The number of β-amino-alcohol motifs (C(OH)–C–C–N with tert-alkyl or cyclic N) is 1. The van der Waals surface area contributed by atoms with E-state index in [0.29, 0.717) is 13.2 Å². The minimum absolute atomic E-state index is 0.0755. The molecule has 0 aromatic rings. The Hall–Kier alpha value is -0.120. The van der Waals surface area contributed by atoms with Crippen molar-refractivity contribution in [3.63, 3.8) is 0 Å². The van der Waals surface area contributed by atoms with Gasteiger partial charge in [-0.3, -0.25) is 0 Å². The fraction of sp³-hybridized carbons (Fsp3) is 1.00. The third-order valence-corrected chi connectivity index (χ3v) is 2.21. The molecule has 3 nitrogen and oxygen atoms in total. The molecule has 0 radical (unpaired) electrons. The summed E-state index contributed by atoms with van der Waals surface area (Å²) in [6.45, 7) is 9.17. The summed E-state index contributed by atoms with van der Waals surface area (Å²) in [6.07, 6.45) is 0.753. The van der Waals surface area contributed by atoms with Crippen molar-refractivity contribution >= 4 is 0 Å². The lowest BCUT2D eigenvalue weighted by molar-refractivity contribution is 0.0388. The Morgan fingerprint density at radius 1 is 1.31 bits per heavy atom. The largest absolute Gasteiger partial charge is 0.389 e. The van der Waals surface area contributed by atoms with Crippen molar-refractivity contribution in [3.05, 3.63) is 0 Å². The average molecular weight is 189 g/mol. The molecule has 0 aliphatic rings. The first kappa shape index (κ1) is 12.9. The maximum absolute atomic E-state index is 9.75. The number of hydrogen-bond acceptors (Lipinski definition) is 3. The van der Waals surface area contributed by atoms with Gasteiger partial charge in [0, 0.05) is 19.2 Å². The third-order valence-electron chi connectivity index (χ3n) is 2.21. The molecule has 0 fully saturated rings. The second-order valence-electron chi connectivity index (χ2n) is 4.52. The van der Waals surface area contributed by atoms with E-state index in [1.54, 1.807) is 7.11 Å². The topological polar surface area (TPSA) is 41.5 Å². The van der Waals surface area contributed by atoms with Gasteiger partial charge in [0.1, 0.15) is 0 Å². The van der Waals surface area contributed by atoms with Crippen molar-refractivity contribution in [1.29, 1.82) is 0 Å². The molecule has 0 heterocycles. The highest BCUT2D eigenvalue weighted by atomic mass is 16.5. The number of hydrogen-bond donors (Lipinski definition) is 2. The standard InChI is InChI=1S/C10H23NO2/c1-6-10(4,12)7-11-9(2,3)8-13-5/h11-12H,6-8H2,1-5H3. The molecule has 0 aliphatic carbocycles. The Balaban J connectivity index is 3.86. The number of ether oxygens (including phenoxy) is 1. The van der Waals surface area contributed by atoms with E-state index >= 15 is 0 Å². The highest BCUT2D eigenvalue weighted by Crippen LogP contribution is 2.09. The number of nitrogens with one attached hydrogen (secondary N) is 1. The van der Waals surface area contributed by atoms with E-state index in [1.807, 2.05) is 13.8 Å². The van der Waals surface area contributed by atoms with Gasteiger partial charge in [-0.25, -0.2) is 0 Å². The summed E-state index contributed by atoms with van der Waals surface area (Å²) >= 11 is 0. The zero-order chi connectivity index (χ0) is 10.5. The molecule has 0 spiro atoms. The maximum Gasteiger partial charge on any atom is 0.0741 e. The van der Waals surface area contributed by atoms with Gasteiger partial charge >= 0.3 is 0 Å². The van der Waals surface area contributed by atoms with E-state index in [-0.39, 0.29) is 5.54 Å². The number of rotatable bonds is 6. The fourth-order valence-electron chi connectivity index (χ4n) is 0.967. The molecule has 0 saturated heterocycles. The molecule has 0 saturated carbocycles. The quantitative estimate of drug-likeness (QED) is 0.659. The molecule has 80 valence electrons. The van der Waals surface area contributed by atoms with E-state index in [0.717, 1.165) is 6.42 Å². The van der Waals surface area contributed by atoms with Crippen molar-refractivity contribution < 1.29 is 9.84 Å². The highest BCUT2D eigenvalue weighted by Gasteiger charge is 2.23. The van der Waals surface area contributed by atoms with Crippen molar-refractivity contribution in [1.82, 2.24) is 5.32 Å². The Morgan fingerprint density at radius 3 is 2.23 bits per heavy atom. The Labute approximate surface area is 81.5 Å². The van der Waals surface area contributed by atoms with Gasteiger partial charge in [0.05, 0.1) is 12.2 Å². The van der Waals surface area contributed by atoms with Crippen LogP contribution in [0.1, 0.15) is 34.1 Å². The van der Waals surface area contributed by atoms with Crippen LogP contribution < -0.4 is 5.32 Å². The SMILES string of the molecule is CCC(C)(O)CNC(C)(C)COC. The van der Waals surface area contributed by atoms with Gasteiger partial charge < -0.3 is 15.2 Å². The van der Waals surface area contributed by atoms with Gasteiger partial charge in [-0.05, 0) is 27.2 Å². The summed E-state index contributed by atoms with van der Waals surface area (Å²) in [5, 5.41) is 13.0. The number of aliphatic hydroxyl groups is 1. The maximum atomic E-state index is 9.75. The molecule has 0 amide bonds. The van der Waals surface area contributed by atoms with Crippen LogP contribution in [0.25, 0.3) is 0 Å². The van der Waals surface area contributed by atoms with Crippen molar-refractivity contribution in [3.8, 4) is 0 Å². The van der Waals surface area contributed by atoms with Crippen LogP contribution in [0.3, 0.4) is 0 Å². The van der Waals surface area contributed by atoms with Crippen molar-refractivity contribution in [2.45, 2.75) is 45.3 Å². The summed E-state index contributed by atoms with van der Waals surface area (Å²) in [4.78, 5) is 0. The predicted octanol–water partition coefficient (Wildman–Crippen LogP) is 1.16. The highest BCUT2D eigenvalue weighted by molar-refractivity contribution is 4.82. The smallest absolute Gasteiger partial charge is 0.0741 e. The van der Waals surface area contributed by atoms with E-state index in [4.69, 9.17) is 4.74 Å². The van der Waals surface area contributed by atoms with Crippen LogP contribution >= 0.6 is 0 Å². The van der Waals surface area contributed by atoms with Crippen LogP contribution in [0.2, 0.25) is 0 Å². The van der Waals surface area contributed by atoms with Crippen LogP contribution in [0, 0.1) is 0 Å². The predicted molar refractivity (Wildman–Crippen MR) is 54.9 cm³/mol. The van der Waals surface area contributed by atoms with Crippen LogP contribution in [-0.2, 0) is 4.74 Å². The molecule has 1 unspecified atom stereocenters. The molecule has 1 atom stereocenters. The first-order valence-electron chi connectivity index (χ1n) is 4.79. The lowest BCUT2D eigenvalue weighted by Gasteiger charge is -2.30. The van der Waals surface area contributed by atoms with Gasteiger partial charge in [0.15, 0.2) is 0 Å². The van der Waals surface area contributed by atoms with Crippen LogP contribution in [-0.4, -0.2) is 36.5 Å². The van der Waals surface area contributed by atoms with Crippen LogP contribution in [0.5, 0.6) is 0 Å². The van der Waals surface area contributed by atoms with Crippen LogP contribution in [0.15, 0.2) is 0 Å². The molecule has 0 aromatic heterocycles. The average Bonchev–Trinajstić information content (AvgIpc) is 2.02. The molecule has 0 rings (SSSR count). The molecule has 0 bridgehead atoms. The fourth-order valence-corrected chi connectivity index (χ4v) is 0.967. The molecule has 0 aliphatic heterocycles. The molecule has 3 heteroatoms. The second kappa shape index (κ2) is 4.94. The number of methoxy groups -OCH3 is 1. The summed E-state index contributed by atoms with van der Waals surface area (Å²) in [5.74, 6) is 0. The van der Waals surface area contributed by atoms with E-state index in [2.05, 4.69) is 19.2 Å². The third kappa shape index (κ3) is 6.02. The molecular formula is C10H23NO2. The summed E-state index contributed by atoms with van der Waals surface area (Å²) in [7, 11) is 1.68. The molecule has 13 heavy (non-hydrogen) atoms. The second-order valence-corrected chi connectivity index (χ2v) is 4.52. The zero-order valence-electron chi connectivity index (χ0n) is 9.48. The first-order chi connectivity index (χ1) is 5.83. The zero-order valence-corrected chi connectivity index (χ0v) is 9.48. The minimum atomic E-state index is -0.620. The molecule has 0 aromatic carbocycles. The van der Waals surface area contributed by atoms with Gasteiger partial charge in [-0.1, -0.05) is 6.92 Å². The summed E-state index contributed by atoms with van der Waals surface area (Å²) in [5.41, 5.74) is -0.696. The lowest BCUT2D eigenvalue weighted by atomic mass is 10.0. The Bertz CT molecular complexity index is 144. The molecule has 2 N–H and O–H groups in total. The monoisotopic (exact) mass is 189 g/mol. The summed E-state index contributed by atoms with van der Waals surface area (Å²) in [6, 6.07) is 0. The van der Waals surface area contributed by atoms with Gasteiger partial charge in [-0.2, -0.15) is 0 Å².